The Balaban J connectivity index is 1.27. The third-order valence-corrected chi connectivity index (χ3v) is 6.99. The van der Waals surface area contributed by atoms with E-state index in [0.29, 0.717) is 13.1 Å². The van der Waals surface area contributed by atoms with Crippen molar-refractivity contribution in [3.63, 3.8) is 0 Å². The maximum Gasteiger partial charge on any atom is 0.137 e. The molecule has 0 amide bonds. The first-order valence-electron chi connectivity index (χ1n) is 10.8. The van der Waals surface area contributed by atoms with Crippen LogP contribution in [0, 0.1) is 11.6 Å². The topological polar surface area (TPSA) is 70.3 Å². The fourth-order valence-electron chi connectivity index (χ4n) is 4.32. The normalized spacial score (nSPS) is 17.4. The fourth-order valence-corrected chi connectivity index (χ4v) is 5.33. The summed E-state index contributed by atoms with van der Waals surface area (Å²) in [5, 5.41) is 16.7. The molecule has 0 radical (unpaired) electrons. The van der Waals surface area contributed by atoms with Crippen LogP contribution < -0.4 is 0 Å². The Morgan fingerprint density at radius 2 is 1.79 bits per heavy atom. The van der Waals surface area contributed by atoms with Crippen LogP contribution in [0.2, 0.25) is 0 Å². The molecule has 10 heteroatoms. The second-order valence-electron chi connectivity index (χ2n) is 8.38. The smallest absolute Gasteiger partial charge is 0.137 e. The molecular weight excluding hydrogens is 446 g/mol. The maximum atomic E-state index is 14.6. The molecule has 1 aliphatic rings. The Bertz CT molecular complexity index is 1190. The van der Waals surface area contributed by atoms with Gasteiger partial charge in [-0.05, 0) is 18.2 Å². The number of aromatic nitrogens is 4. The van der Waals surface area contributed by atoms with Crippen molar-refractivity contribution in [2.75, 3.05) is 32.7 Å². The Labute approximate surface area is 193 Å². The first kappa shape index (κ1) is 22.0. The van der Waals surface area contributed by atoms with Crippen molar-refractivity contribution < 1.29 is 13.9 Å². The van der Waals surface area contributed by atoms with E-state index in [4.69, 9.17) is 4.98 Å². The summed E-state index contributed by atoms with van der Waals surface area (Å²) < 4.78 is 30.8. The Kier molecular flexibility index (Phi) is 6.15. The number of halogens is 2. The first-order chi connectivity index (χ1) is 16.0. The summed E-state index contributed by atoms with van der Waals surface area (Å²) in [6.07, 6.45) is 2.84. The summed E-state index contributed by atoms with van der Waals surface area (Å²) in [5.74, 6) is -1.45. The third-order valence-electron chi connectivity index (χ3n) is 5.97. The highest BCUT2D eigenvalue weighted by Crippen LogP contribution is 2.29. The molecule has 1 atom stereocenters. The van der Waals surface area contributed by atoms with Crippen molar-refractivity contribution in [3.8, 4) is 0 Å². The van der Waals surface area contributed by atoms with Gasteiger partial charge in [0.25, 0.3) is 0 Å². The van der Waals surface area contributed by atoms with Crippen molar-refractivity contribution in [1.29, 1.82) is 0 Å². The predicted molar refractivity (Wildman–Crippen MR) is 122 cm³/mol. The van der Waals surface area contributed by atoms with E-state index in [1.807, 2.05) is 18.2 Å². The monoisotopic (exact) mass is 470 g/mol. The van der Waals surface area contributed by atoms with Crippen LogP contribution in [-0.2, 0) is 18.7 Å². The van der Waals surface area contributed by atoms with Gasteiger partial charge in [-0.1, -0.05) is 18.2 Å². The van der Waals surface area contributed by atoms with Gasteiger partial charge in [-0.2, -0.15) is 5.10 Å². The summed E-state index contributed by atoms with van der Waals surface area (Å²) in [7, 11) is 0. The van der Waals surface area contributed by atoms with E-state index in [0.717, 1.165) is 36.2 Å². The molecule has 1 N–H and O–H groups in total. The van der Waals surface area contributed by atoms with Gasteiger partial charge in [-0.3, -0.25) is 9.80 Å². The number of nitrogens with zero attached hydrogens (tertiary/aromatic N) is 6. The molecule has 33 heavy (non-hydrogen) atoms. The number of para-hydroxylation sites is 1. The highest BCUT2D eigenvalue weighted by atomic mass is 32.1. The lowest BCUT2D eigenvalue weighted by atomic mass is 9.92. The molecule has 0 aliphatic carbocycles. The van der Waals surface area contributed by atoms with Crippen molar-refractivity contribution in [3.05, 3.63) is 77.3 Å². The summed E-state index contributed by atoms with van der Waals surface area (Å²) in [6, 6.07) is 11.4. The van der Waals surface area contributed by atoms with E-state index < -0.39 is 17.2 Å². The SMILES string of the molecule is O[C@@](CN1CCN(Cc2nc3ccccc3s2)CC1)(Cn1cncn1)c1ccc(F)cc1F. The van der Waals surface area contributed by atoms with E-state index in [9.17, 15) is 13.9 Å². The molecule has 2 aromatic carbocycles. The molecule has 3 heterocycles. The third kappa shape index (κ3) is 4.93. The van der Waals surface area contributed by atoms with Crippen molar-refractivity contribution in [1.82, 2.24) is 29.5 Å². The van der Waals surface area contributed by atoms with Crippen LogP contribution in [0.5, 0.6) is 0 Å². The van der Waals surface area contributed by atoms with Gasteiger partial charge >= 0.3 is 0 Å². The molecule has 0 saturated carbocycles. The molecule has 1 aliphatic heterocycles. The first-order valence-corrected chi connectivity index (χ1v) is 11.6. The zero-order chi connectivity index (χ0) is 22.8. The van der Waals surface area contributed by atoms with Crippen molar-refractivity contribution in [2.45, 2.75) is 18.7 Å². The number of hydrogen-bond acceptors (Lipinski definition) is 7. The zero-order valence-corrected chi connectivity index (χ0v) is 18.8. The van der Waals surface area contributed by atoms with Gasteiger partial charge in [-0.15, -0.1) is 11.3 Å². The zero-order valence-electron chi connectivity index (χ0n) is 17.9. The second kappa shape index (κ2) is 9.22. The van der Waals surface area contributed by atoms with Crippen LogP contribution in [0.25, 0.3) is 10.2 Å². The molecular formula is C23H24F2N6OS. The van der Waals surface area contributed by atoms with E-state index in [-0.39, 0.29) is 18.7 Å². The highest BCUT2D eigenvalue weighted by Gasteiger charge is 2.36. The number of piperazine rings is 1. The molecule has 4 aromatic rings. The summed E-state index contributed by atoms with van der Waals surface area (Å²) >= 11 is 1.71. The number of benzene rings is 2. The van der Waals surface area contributed by atoms with Crippen molar-refractivity contribution in [2.24, 2.45) is 0 Å². The molecule has 5 rings (SSSR count). The number of fused-ring (bicyclic) bond motifs is 1. The number of β-amino-alcohol motifs (C(OH)–C–C–N with tert-alkyl or cyclic N) is 1. The van der Waals surface area contributed by atoms with E-state index in [1.165, 1.54) is 34.2 Å². The fraction of sp³-hybridized carbons (Fsp3) is 0.348. The quantitative estimate of drug-likeness (QED) is 0.448. The average molecular weight is 471 g/mol. The summed E-state index contributed by atoms with van der Waals surface area (Å²) in [6.45, 7) is 4.04. The molecule has 0 spiro atoms. The molecule has 0 unspecified atom stereocenters. The Morgan fingerprint density at radius 1 is 1.00 bits per heavy atom. The van der Waals surface area contributed by atoms with Crippen LogP contribution in [0.3, 0.4) is 0 Å². The van der Waals surface area contributed by atoms with Gasteiger partial charge in [0, 0.05) is 44.4 Å². The minimum Gasteiger partial charge on any atom is -0.382 e. The van der Waals surface area contributed by atoms with Crippen LogP contribution >= 0.6 is 11.3 Å². The van der Waals surface area contributed by atoms with Crippen molar-refractivity contribution >= 4 is 21.6 Å². The number of aliphatic hydroxyl groups is 1. The van der Waals surface area contributed by atoms with Crippen LogP contribution in [0.1, 0.15) is 10.6 Å². The van der Waals surface area contributed by atoms with Gasteiger partial charge in [0.2, 0.25) is 0 Å². The lowest BCUT2D eigenvalue weighted by Gasteiger charge is -2.39. The second-order valence-corrected chi connectivity index (χ2v) is 9.49. The summed E-state index contributed by atoms with van der Waals surface area (Å²) in [5.41, 5.74) is -0.507. The van der Waals surface area contributed by atoms with Gasteiger partial charge in [-0.25, -0.2) is 23.4 Å². The van der Waals surface area contributed by atoms with E-state index in [1.54, 1.807) is 11.3 Å². The van der Waals surface area contributed by atoms with E-state index in [2.05, 4.69) is 25.9 Å². The van der Waals surface area contributed by atoms with Gasteiger partial charge < -0.3 is 5.11 Å². The number of rotatable bonds is 7. The van der Waals surface area contributed by atoms with Gasteiger partial charge in [0.05, 0.1) is 23.3 Å². The maximum absolute atomic E-state index is 14.6. The number of hydrogen-bond donors (Lipinski definition) is 1. The minimum atomic E-state index is -1.58. The summed E-state index contributed by atoms with van der Waals surface area (Å²) in [4.78, 5) is 13.1. The van der Waals surface area contributed by atoms with Gasteiger partial charge in [0.1, 0.15) is 34.9 Å². The lowest BCUT2D eigenvalue weighted by Crippen LogP contribution is -2.52. The molecule has 0 bridgehead atoms. The largest absolute Gasteiger partial charge is 0.382 e. The van der Waals surface area contributed by atoms with Crippen LogP contribution in [0.15, 0.2) is 55.1 Å². The molecule has 172 valence electrons. The minimum absolute atomic E-state index is 0.0153. The van der Waals surface area contributed by atoms with Gasteiger partial charge in [0.15, 0.2) is 0 Å². The van der Waals surface area contributed by atoms with Crippen LogP contribution in [-0.4, -0.2) is 67.4 Å². The molecule has 1 fully saturated rings. The molecule has 7 nitrogen and oxygen atoms in total. The average Bonchev–Trinajstić information content (AvgIpc) is 3.44. The standard InChI is InChI=1S/C23H24F2N6OS/c24-17-5-6-18(19(25)11-17)23(32,14-31-16-26-15-27-31)13-30-9-7-29(8-10-30)12-22-28-20-3-1-2-4-21(20)33-22/h1-6,11,15-16,32H,7-10,12-14H2/t23-/m0/s1. The Morgan fingerprint density at radius 3 is 2.52 bits per heavy atom. The van der Waals surface area contributed by atoms with E-state index >= 15 is 0 Å². The molecule has 2 aromatic heterocycles. The highest BCUT2D eigenvalue weighted by molar-refractivity contribution is 7.18. The molecule has 1 saturated heterocycles. The lowest BCUT2D eigenvalue weighted by molar-refractivity contribution is -0.0324. The van der Waals surface area contributed by atoms with Crippen LogP contribution in [0.4, 0.5) is 8.78 Å². The predicted octanol–water partition coefficient (Wildman–Crippen LogP) is 2.87. The Hall–Kier alpha value is -2.79. The number of thiazole rings is 1.